The molecule has 1 N–H and O–H groups in total. The Morgan fingerprint density at radius 3 is 2.50 bits per heavy atom. The maximum absolute atomic E-state index is 14.5. The van der Waals surface area contributed by atoms with Crippen molar-refractivity contribution >= 4 is 21.6 Å². The van der Waals surface area contributed by atoms with Crippen molar-refractivity contribution in [1.29, 1.82) is 0 Å². The minimum Gasteiger partial charge on any atom is -0.379 e. The summed E-state index contributed by atoms with van der Waals surface area (Å²) in [6, 6.07) is 12.4. The first-order valence-corrected chi connectivity index (χ1v) is 11.5. The van der Waals surface area contributed by atoms with Crippen LogP contribution >= 0.6 is 0 Å². The Bertz CT molecular complexity index is 1270. The van der Waals surface area contributed by atoms with Crippen LogP contribution in [0.15, 0.2) is 53.4 Å². The number of nitrogens with one attached hydrogen (secondary N) is 1. The number of amides is 1. The third-order valence-corrected chi connectivity index (χ3v) is 7.08. The lowest BCUT2D eigenvalue weighted by molar-refractivity contribution is 0.0729. The molecule has 0 aliphatic carbocycles. The molecule has 32 heavy (non-hydrogen) atoms. The molecule has 3 aromatic rings. The van der Waals surface area contributed by atoms with E-state index in [4.69, 9.17) is 4.74 Å². The number of rotatable bonds is 5. The fourth-order valence-electron chi connectivity index (χ4n) is 3.60. The summed E-state index contributed by atoms with van der Waals surface area (Å²) < 4.78 is 48.3. The van der Waals surface area contributed by atoms with Crippen LogP contribution in [0.5, 0.6) is 0 Å². The van der Waals surface area contributed by atoms with Crippen molar-refractivity contribution < 1.29 is 22.3 Å². The van der Waals surface area contributed by atoms with E-state index in [0.717, 1.165) is 27.8 Å². The molecular formula is C22H23FN4O4S. The number of anilines is 1. The number of ether oxygens (including phenoxy) is 1. The van der Waals surface area contributed by atoms with Crippen LogP contribution in [0.1, 0.15) is 21.7 Å². The molecule has 1 aromatic heterocycles. The highest BCUT2D eigenvalue weighted by atomic mass is 32.2. The Kier molecular flexibility index (Phi) is 6.09. The predicted molar refractivity (Wildman–Crippen MR) is 117 cm³/mol. The zero-order valence-corrected chi connectivity index (χ0v) is 18.5. The van der Waals surface area contributed by atoms with Gasteiger partial charge in [-0.2, -0.15) is 9.40 Å². The largest absolute Gasteiger partial charge is 0.379 e. The number of hydrogen-bond acceptors (Lipinski definition) is 5. The number of hydrogen-bond donors (Lipinski definition) is 1. The van der Waals surface area contributed by atoms with E-state index < -0.39 is 26.6 Å². The summed E-state index contributed by atoms with van der Waals surface area (Å²) in [5.74, 6) is -1.46. The van der Waals surface area contributed by atoms with Crippen molar-refractivity contribution in [1.82, 2.24) is 14.1 Å². The standard InChI is InChI=1S/C22H23FN4O4S/c1-15-13-16(2)27(25-15)20-6-4-3-5-19(20)24-22(28)17-7-8-18(23)21(14-17)32(29,30)26-9-11-31-12-10-26/h3-8,13-14H,9-12H2,1-2H3,(H,24,28). The second-order valence-corrected chi connectivity index (χ2v) is 9.38. The quantitative estimate of drug-likeness (QED) is 0.635. The van der Waals surface area contributed by atoms with E-state index >= 15 is 0 Å². The summed E-state index contributed by atoms with van der Waals surface area (Å²) in [5.41, 5.74) is 2.91. The molecule has 168 valence electrons. The minimum absolute atomic E-state index is 0.0291. The Morgan fingerprint density at radius 1 is 1.09 bits per heavy atom. The fraction of sp³-hybridized carbons (Fsp3) is 0.273. The Morgan fingerprint density at radius 2 is 1.81 bits per heavy atom. The van der Waals surface area contributed by atoms with E-state index in [0.29, 0.717) is 11.4 Å². The SMILES string of the molecule is Cc1cc(C)n(-c2ccccc2NC(=O)c2ccc(F)c(S(=O)(=O)N3CCOCC3)c2)n1. The van der Waals surface area contributed by atoms with Gasteiger partial charge < -0.3 is 10.1 Å². The van der Waals surface area contributed by atoms with Gasteiger partial charge in [-0.3, -0.25) is 4.79 Å². The van der Waals surface area contributed by atoms with Gasteiger partial charge in [0, 0.05) is 24.3 Å². The number of para-hydroxylation sites is 2. The fourth-order valence-corrected chi connectivity index (χ4v) is 5.10. The summed E-state index contributed by atoms with van der Waals surface area (Å²) in [7, 11) is -4.09. The minimum atomic E-state index is -4.09. The first-order valence-electron chi connectivity index (χ1n) is 10.1. The third kappa shape index (κ3) is 4.29. The normalized spacial score (nSPS) is 15.0. The summed E-state index contributed by atoms with van der Waals surface area (Å²) >= 11 is 0. The van der Waals surface area contributed by atoms with Gasteiger partial charge in [-0.15, -0.1) is 0 Å². The second-order valence-electron chi connectivity index (χ2n) is 7.47. The monoisotopic (exact) mass is 458 g/mol. The molecular weight excluding hydrogens is 435 g/mol. The smallest absolute Gasteiger partial charge is 0.255 e. The van der Waals surface area contributed by atoms with Crippen molar-refractivity contribution in [2.45, 2.75) is 18.7 Å². The zero-order chi connectivity index (χ0) is 22.9. The third-order valence-electron chi connectivity index (χ3n) is 5.17. The van der Waals surface area contributed by atoms with E-state index in [1.165, 1.54) is 6.07 Å². The van der Waals surface area contributed by atoms with Crippen molar-refractivity contribution in [2.75, 3.05) is 31.6 Å². The topological polar surface area (TPSA) is 93.5 Å². The van der Waals surface area contributed by atoms with Crippen LogP contribution in [0, 0.1) is 19.7 Å². The van der Waals surface area contributed by atoms with Gasteiger partial charge in [0.1, 0.15) is 10.7 Å². The zero-order valence-electron chi connectivity index (χ0n) is 17.7. The predicted octanol–water partition coefficient (Wildman–Crippen LogP) is 2.90. The van der Waals surface area contributed by atoms with Crippen molar-refractivity contribution in [3.8, 4) is 5.69 Å². The van der Waals surface area contributed by atoms with Gasteiger partial charge in [0.25, 0.3) is 5.91 Å². The van der Waals surface area contributed by atoms with Crippen molar-refractivity contribution in [3.05, 3.63) is 71.3 Å². The molecule has 0 unspecified atom stereocenters. The number of carbonyl (C=O) groups excluding carboxylic acids is 1. The summed E-state index contributed by atoms with van der Waals surface area (Å²) in [6.07, 6.45) is 0. The van der Waals surface area contributed by atoms with Crippen LogP contribution in [-0.4, -0.2) is 54.7 Å². The molecule has 1 aliphatic rings. The van der Waals surface area contributed by atoms with Gasteiger partial charge in [0.2, 0.25) is 10.0 Å². The lowest BCUT2D eigenvalue weighted by Crippen LogP contribution is -2.41. The summed E-state index contributed by atoms with van der Waals surface area (Å²) in [4.78, 5) is 12.4. The average molecular weight is 459 g/mol. The van der Waals surface area contributed by atoms with E-state index in [2.05, 4.69) is 10.4 Å². The lowest BCUT2D eigenvalue weighted by Gasteiger charge is -2.26. The Labute approximate surface area is 185 Å². The maximum Gasteiger partial charge on any atom is 0.255 e. The number of benzene rings is 2. The average Bonchev–Trinajstić information content (AvgIpc) is 3.12. The molecule has 1 aliphatic heterocycles. The first kappa shape index (κ1) is 22.1. The van der Waals surface area contributed by atoms with E-state index in [1.54, 1.807) is 16.8 Å². The van der Waals surface area contributed by atoms with Crippen LogP contribution in [0.3, 0.4) is 0 Å². The van der Waals surface area contributed by atoms with Gasteiger partial charge in [-0.1, -0.05) is 12.1 Å². The molecule has 8 nitrogen and oxygen atoms in total. The van der Waals surface area contributed by atoms with E-state index in [-0.39, 0.29) is 31.9 Å². The molecule has 2 heterocycles. The molecule has 0 saturated carbocycles. The van der Waals surface area contributed by atoms with Crippen LogP contribution in [-0.2, 0) is 14.8 Å². The number of nitrogens with zero attached hydrogens (tertiary/aromatic N) is 3. The Hall–Kier alpha value is -3.08. The highest BCUT2D eigenvalue weighted by molar-refractivity contribution is 7.89. The summed E-state index contributed by atoms with van der Waals surface area (Å²) in [6.45, 7) is 4.53. The van der Waals surface area contributed by atoms with Gasteiger partial charge in [0.05, 0.1) is 30.3 Å². The molecule has 1 fully saturated rings. The van der Waals surface area contributed by atoms with Crippen molar-refractivity contribution in [3.63, 3.8) is 0 Å². The Balaban J connectivity index is 1.65. The molecule has 0 radical (unpaired) electrons. The number of halogens is 1. The van der Waals surface area contributed by atoms with Gasteiger partial charge in [0.15, 0.2) is 0 Å². The van der Waals surface area contributed by atoms with Crippen LogP contribution in [0.2, 0.25) is 0 Å². The van der Waals surface area contributed by atoms with E-state index in [1.807, 2.05) is 32.0 Å². The van der Waals surface area contributed by atoms with Gasteiger partial charge >= 0.3 is 0 Å². The molecule has 0 spiro atoms. The number of morpholine rings is 1. The van der Waals surface area contributed by atoms with Gasteiger partial charge in [-0.05, 0) is 50.2 Å². The molecule has 0 atom stereocenters. The molecule has 2 aromatic carbocycles. The molecule has 10 heteroatoms. The number of sulfonamides is 1. The molecule has 0 bridgehead atoms. The van der Waals surface area contributed by atoms with Gasteiger partial charge in [-0.25, -0.2) is 17.5 Å². The van der Waals surface area contributed by atoms with Crippen LogP contribution in [0.25, 0.3) is 5.69 Å². The first-order chi connectivity index (χ1) is 15.3. The molecule has 1 saturated heterocycles. The highest BCUT2D eigenvalue weighted by Crippen LogP contribution is 2.25. The number of aryl methyl sites for hydroxylation is 2. The van der Waals surface area contributed by atoms with Crippen LogP contribution < -0.4 is 5.32 Å². The lowest BCUT2D eigenvalue weighted by atomic mass is 10.2. The highest BCUT2D eigenvalue weighted by Gasteiger charge is 2.30. The summed E-state index contributed by atoms with van der Waals surface area (Å²) in [5, 5.41) is 7.24. The van der Waals surface area contributed by atoms with Crippen LogP contribution in [0.4, 0.5) is 10.1 Å². The molecule has 4 rings (SSSR count). The number of aromatic nitrogens is 2. The second kappa shape index (κ2) is 8.81. The van der Waals surface area contributed by atoms with E-state index in [9.17, 15) is 17.6 Å². The number of carbonyl (C=O) groups is 1. The molecule has 1 amide bonds. The van der Waals surface area contributed by atoms with Crippen molar-refractivity contribution in [2.24, 2.45) is 0 Å². The maximum atomic E-state index is 14.5.